The molecule has 4 rings (SSSR count). The van der Waals surface area contributed by atoms with E-state index in [2.05, 4.69) is 26.2 Å². The molecule has 2 aromatic rings. The van der Waals surface area contributed by atoms with Crippen LogP contribution in [0.3, 0.4) is 0 Å². The van der Waals surface area contributed by atoms with E-state index in [1.54, 1.807) is 6.07 Å². The van der Waals surface area contributed by atoms with E-state index >= 15 is 0 Å². The van der Waals surface area contributed by atoms with Crippen LogP contribution in [0.2, 0.25) is 10.0 Å². The van der Waals surface area contributed by atoms with Gasteiger partial charge in [0.1, 0.15) is 12.0 Å². The lowest BCUT2D eigenvalue weighted by molar-refractivity contribution is -0.122. The first-order valence-corrected chi connectivity index (χ1v) is 9.00. The van der Waals surface area contributed by atoms with Gasteiger partial charge in [0, 0.05) is 14.5 Å². The third-order valence-corrected chi connectivity index (χ3v) is 5.26. The van der Waals surface area contributed by atoms with Crippen LogP contribution in [-0.4, -0.2) is 17.9 Å². The summed E-state index contributed by atoms with van der Waals surface area (Å²) in [5.41, 5.74) is 1.19. The zero-order chi connectivity index (χ0) is 17.7. The highest BCUT2D eigenvalue weighted by atomic mass is 79.9. The first kappa shape index (κ1) is 16.7. The molecule has 2 aromatic carbocycles. The maximum atomic E-state index is 13.0. The number of imide groups is 1. The summed E-state index contributed by atoms with van der Waals surface area (Å²) in [6.07, 6.45) is 0. The number of benzene rings is 2. The van der Waals surface area contributed by atoms with Crippen LogP contribution in [0.15, 0.2) is 57.2 Å². The van der Waals surface area contributed by atoms with Gasteiger partial charge in [-0.3, -0.25) is 9.59 Å². The second-order valence-electron chi connectivity index (χ2n) is 5.84. The molecule has 0 radical (unpaired) electrons. The van der Waals surface area contributed by atoms with Crippen LogP contribution in [-0.2, 0) is 9.59 Å². The fourth-order valence-corrected chi connectivity index (χ4v) is 3.96. The van der Waals surface area contributed by atoms with E-state index in [9.17, 15) is 9.59 Å². The number of carbonyl (C=O) groups excluding carboxylic acids is 2. The van der Waals surface area contributed by atoms with Crippen molar-refractivity contribution in [3.05, 3.63) is 62.5 Å². The van der Waals surface area contributed by atoms with Crippen molar-refractivity contribution >= 4 is 56.6 Å². The van der Waals surface area contributed by atoms with Crippen molar-refractivity contribution in [2.75, 3.05) is 4.90 Å². The number of halogens is 3. The van der Waals surface area contributed by atoms with Crippen LogP contribution in [0.5, 0.6) is 0 Å². The number of rotatable bonds is 2. The second kappa shape index (κ2) is 6.20. The van der Waals surface area contributed by atoms with Crippen LogP contribution in [0.25, 0.3) is 0 Å². The smallest absolute Gasteiger partial charge is 0.261 e. The van der Waals surface area contributed by atoms with E-state index in [0.717, 1.165) is 14.9 Å². The minimum absolute atomic E-state index is 0.341. The molecule has 0 aromatic heterocycles. The van der Waals surface area contributed by atoms with Crippen LogP contribution in [0.1, 0.15) is 11.6 Å². The minimum Gasteiger partial charge on any atom is -0.273 e. The fourth-order valence-electron chi connectivity index (χ4n) is 3.18. The molecular formula is C17H10BrCl2N3O2. The molecule has 8 heteroatoms. The molecule has 0 spiro atoms. The Balaban J connectivity index is 1.71. The van der Waals surface area contributed by atoms with Crippen molar-refractivity contribution in [2.24, 2.45) is 16.1 Å². The van der Waals surface area contributed by atoms with Crippen LogP contribution in [0, 0.1) is 5.92 Å². The molecule has 0 aliphatic carbocycles. The summed E-state index contributed by atoms with van der Waals surface area (Å²) in [5, 5.41) is 8.94. The minimum atomic E-state index is -0.807. The van der Waals surface area contributed by atoms with Crippen LogP contribution >= 0.6 is 39.1 Å². The molecule has 0 N–H and O–H groups in total. The van der Waals surface area contributed by atoms with E-state index < -0.39 is 23.9 Å². The number of carbonyl (C=O) groups is 2. The van der Waals surface area contributed by atoms with Gasteiger partial charge in [-0.2, -0.15) is 10.2 Å². The SMILES string of the molecule is O=C1C2N=NC(c3ccc(Br)cc3)C2C(=O)N1c1cc(Cl)cc(Cl)c1. The van der Waals surface area contributed by atoms with Crippen molar-refractivity contribution in [3.63, 3.8) is 0 Å². The number of amides is 2. The lowest BCUT2D eigenvalue weighted by atomic mass is 9.91. The average Bonchev–Trinajstić information content (AvgIpc) is 3.08. The van der Waals surface area contributed by atoms with Crippen LogP contribution < -0.4 is 4.90 Å². The van der Waals surface area contributed by atoms with Gasteiger partial charge in [0.15, 0.2) is 6.04 Å². The van der Waals surface area contributed by atoms with Crippen molar-refractivity contribution in [1.82, 2.24) is 0 Å². The summed E-state index contributed by atoms with van der Waals surface area (Å²) < 4.78 is 0.923. The van der Waals surface area contributed by atoms with Gasteiger partial charge in [-0.05, 0) is 35.9 Å². The fraction of sp³-hybridized carbons (Fsp3) is 0.176. The van der Waals surface area contributed by atoms with E-state index in [4.69, 9.17) is 23.2 Å². The summed E-state index contributed by atoms with van der Waals surface area (Å²) in [6, 6.07) is 10.8. The molecule has 3 unspecified atom stereocenters. The number of anilines is 1. The maximum absolute atomic E-state index is 13.0. The highest BCUT2D eigenvalue weighted by Crippen LogP contribution is 2.44. The van der Waals surface area contributed by atoms with Gasteiger partial charge in [-0.15, -0.1) is 0 Å². The van der Waals surface area contributed by atoms with Gasteiger partial charge in [0.25, 0.3) is 5.91 Å². The monoisotopic (exact) mass is 437 g/mol. The average molecular weight is 439 g/mol. The Morgan fingerprint density at radius 2 is 1.48 bits per heavy atom. The van der Waals surface area contributed by atoms with Crippen molar-refractivity contribution in [2.45, 2.75) is 12.1 Å². The molecule has 5 nitrogen and oxygen atoms in total. The third kappa shape index (κ3) is 2.78. The molecule has 2 aliphatic heterocycles. The summed E-state index contributed by atoms with van der Waals surface area (Å²) in [5.74, 6) is -1.39. The molecule has 2 amide bonds. The first-order chi connectivity index (χ1) is 12.0. The van der Waals surface area contributed by atoms with Crippen molar-refractivity contribution in [3.8, 4) is 0 Å². The maximum Gasteiger partial charge on any atom is 0.261 e. The van der Waals surface area contributed by atoms with E-state index in [1.807, 2.05) is 24.3 Å². The quantitative estimate of drug-likeness (QED) is 0.631. The molecule has 1 saturated heterocycles. The molecular weight excluding hydrogens is 429 g/mol. The normalized spacial score (nSPS) is 24.9. The number of fused-ring (bicyclic) bond motifs is 1. The van der Waals surface area contributed by atoms with Gasteiger partial charge in [0.2, 0.25) is 5.91 Å². The predicted molar refractivity (Wildman–Crippen MR) is 98.0 cm³/mol. The van der Waals surface area contributed by atoms with Gasteiger partial charge in [-0.25, -0.2) is 4.90 Å². The Morgan fingerprint density at radius 3 is 2.12 bits per heavy atom. The Morgan fingerprint density at radius 1 is 0.880 bits per heavy atom. The first-order valence-electron chi connectivity index (χ1n) is 7.45. The van der Waals surface area contributed by atoms with Gasteiger partial charge >= 0.3 is 0 Å². The third-order valence-electron chi connectivity index (χ3n) is 4.29. The summed E-state index contributed by atoms with van der Waals surface area (Å²) in [7, 11) is 0. The Bertz CT molecular complexity index is 896. The summed E-state index contributed by atoms with van der Waals surface area (Å²) in [4.78, 5) is 26.8. The predicted octanol–water partition coefficient (Wildman–Crippen LogP) is 4.82. The molecule has 126 valence electrons. The zero-order valence-corrected chi connectivity index (χ0v) is 15.7. The van der Waals surface area contributed by atoms with Crippen LogP contribution in [0.4, 0.5) is 5.69 Å². The Labute approximate surface area is 161 Å². The molecule has 0 saturated carbocycles. The topological polar surface area (TPSA) is 62.1 Å². The molecule has 2 heterocycles. The van der Waals surface area contributed by atoms with Gasteiger partial charge < -0.3 is 0 Å². The molecule has 2 aliphatic rings. The zero-order valence-electron chi connectivity index (χ0n) is 12.6. The highest BCUT2D eigenvalue weighted by molar-refractivity contribution is 9.10. The lowest BCUT2D eigenvalue weighted by Gasteiger charge is -2.17. The number of hydrogen-bond donors (Lipinski definition) is 0. The van der Waals surface area contributed by atoms with Crippen molar-refractivity contribution < 1.29 is 9.59 Å². The Kier molecular flexibility index (Phi) is 4.14. The number of nitrogens with zero attached hydrogens (tertiary/aromatic N) is 3. The summed E-state index contributed by atoms with van der Waals surface area (Å²) in [6.45, 7) is 0. The van der Waals surface area contributed by atoms with E-state index in [0.29, 0.717) is 15.7 Å². The lowest BCUT2D eigenvalue weighted by Crippen LogP contribution is -2.32. The van der Waals surface area contributed by atoms with Gasteiger partial charge in [-0.1, -0.05) is 51.3 Å². The molecule has 25 heavy (non-hydrogen) atoms. The Hall–Kier alpha value is -1.76. The van der Waals surface area contributed by atoms with E-state index in [-0.39, 0.29) is 5.91 Å². The van der Waals surface area contributed by atoms with Gasteiger partial charge in [0.05, 0.1) is 5.69 Å². The van der Waals surface area contributed by atoms with E-state index in [1.165, 1.54) is 12.1 Å². The summed E-state index contributed by atoms with van der Waals surface area (Å²) >= 11 is 15.4. The number of azo groups is 1. The number of hydrogen-bond acceptors (Lipinski definition) is 4. The largest absolute Gasteiger partial charge is 0.273 e. The molecule has 3 atom stereocenters. The standard InChI is InChI=1S/C17H10BrCl2N3O2/c18-9-3-1-8(2-4-9)14-13-15(22-21-14)17(25)23(16(13)24)12-6-10(19)5-11(20)7-12/h1-7,13-15H. The second-order valence-corrected chi connectivity index (χ2v) is 7.63. The molecule has 1 fully saturated rings. The van der Waals surface area contributed by atoms with Crippen molar-refractivity contribution in [1.29, 1.82) is 0 Å². The molecule has 0 bridgehead atoms. The highest BCUT2D eigenvalue weighted by Gasteiger charge is 2.55.